The number of benzene rings is 1. The number of hydrogen-bond acceptors (Lipinski definition) is 3. The molecular formula is C12H13NO2S. The van der Waals surface area contributed by atoms with Crippen molar-refractivity contribution in [2.24, 2.45) is 0 Å². The second-order valence-electron chi connectivity index (χ2n) is 3.40. The zero-order chi connectivity index (χ0) is 12.0. The Hall–Kier alpha value is -1.47. The maximum Gasteiger partial charge on any atom is 0.175 e. The second-order valence-corrected chi connectivity index (χ2v) is 4.98. The quantitative estimate of drug-likeness (QED) is 0.732. The van der Waals surface area contributed by atoms with Crippen molar-refractivity contribution in [2.45, 2.75) is 13.3 Å². The highest BCUT2D eigenvalue weighted by Crippen LogP contribution is 2.05. The molecule has 0 fully saturated rings. The van der Waals surface area contributed by atoms with E-state index in [4.69, 9.17) is 5.26 Å². The number of carbonyl (C=O) groups is 1. The lowest BCUT2D eigenvalue weighted by molar-refractivity contribution is 0.102. The number of carbonyl (C=O) groups excluding carboxylic acids is 1. The molecule has 0 saturated heterocycles. The molecule has 0 aliphatic heterocycles. The molecule has 4 heteroatoms. The van der Waals surface area contributed by atoms with E-state index in [0.29, 0.717) is 16.9 Å². The first-order chi connectivity index (χ1) is 7.67. The van der Waals surface area contributed by atoms with E-state index in [0.717, 1.165) is 6.42 Å². The average Bonchev–Trinajstić information content (AvgIpc) is 2.29. The Morgan fingerprint density at radius 3 is 2.50 bits per heavy atom. The molecule has 1 atom stereocenters. The third-order valence-electron chi connectivity index (χ3n) is 2.06. The Balaban J connectivity index is 2.67. The molecule has 0 amide bonds. The normalized spacial score (nSPS) is 11.8. The van der Waals surface area contributed by atoms with Crippen molar-refractivity contribution >= 4 is 16.6 Å². The molecular weight excluding hydrogens is 222 g/mol. The summed E-state index contributed by atoms with van der Waals surface area (Å²) < 4.78 is 11.4. The van der Waals surface area contributed by atoms with E-state index in [-0.39, 0.29) is 11.5 Å². The monoisotopic (exact) mass is 235 g/mol. The fraction of sp³-hybridized carbons (Fsp3) is 0.333. The van der Waals surface area contributed by atoms with Gasteiger partial charge in [-0.15, -0.1) is 0 Å². The van der Waals surface area contributed by atoms with E-state index >= 15 is 0 Å². The highest BCUT2D eigenvalue weighted by Gasteiger charge is 2.09. The van der Waals surface area contributed by atoms with Gasteiger partial charge in [-0.2, -0.15) is 5.26 Å². The summed E-state index contributed by atoms with van der Waals surface area (Å²) in [6.45, 7) is 1.93. The number of nitriles is 1. The predicted molar refractivity (Wildman–Crippen MR) is 63.7 cm³/mol. The minimum Gasteiger partial charge on any atom is -0.293 e. The zero-order valence-corrected chi connectivity index (χ0v) is 9.92. The van der Waals surface area contributed by atoms with Gasteiger partial charge >= 0.3 is 0 Å². The first-order valence-electron chi connectivity index (χ1n) is 5.05. The summed E-state index contributed by atoms with van der Waals surface area (Å²) in [5.41, 5.74) is 1.04. The van der Waals surface area contributed by atoms with Gasteiger partial charge in [0, 0.05) is 22.1 Å². The lowest BCUT2D eigenvalue weighted by atomic mass is 10.1. The summed E-state index contributed by atoms with van der Waals surface area (Å²) in [4.78, 5) is 11.7. The molecule has 1 rings (SSSR count). The van der Waals surface area contributed by atoms with Crippen molar-refractivity contribution in [3.8, 4) is 6.07 Å². The highest BCUT2D eigenvalue weighted by molar-refractivity contribution is 7.85. The number of ketones is 1. The number of nitrogens with zero attached hydrogens (tertiary/aromatic N) is 1. The summed E-state index contributed by atoms with van der Waals surface area (Å²) in [6.07, 6.45) is 0.813. The SMILES string of the molecule is CCCS(=O)CC(=O)c1ccc(C#N)cc1. The van der Waals surface area contributed by atoms with E-state index in [1.54, 1.807) is 24.3 Å². The van der Waals surface area contributed by atoms with E-state index in [1.807, 2.05) is 13.0 Å². The standard InChI is InChI=1S/C12H13NO2S/c1-2-7-16(15)9-12(14)11-5-3-10(8-13)4-6-11/h3-6H,2,7,9H2,1H3. The smallest absolute Gasteiger partial charge is 0.175 e. The van der Waals surface area contributed by atoms with Crippen LogP contribution in [0.25, 0.3) is 0 Å². The molecule has 0 heterocycles. The van der Waals surface area contributed by atoms with E-state index in [9.17, 15) is 9.00 Å². The Labute approximate surface area is 97.5 Å². The fourth-order valence-corrected chi connectivity index (χ4v) is 2.32. The van der Waals surface area contributed by atoms with Gasteiger partial charge in [-0.05, 0) is 18.6 Å². The first-order valence-corrected chi connectivity index (χ1v) is 6.54. The first kappa shape index (κ1) is 12.6. The topological polar surface area (TPSA) is 57.9 Å². The van der Waals surface area contributed by atoms with E-state index in [2.05, 4.69) is 0 Å². The van der Waals surface area contributed by atoms with Gasteiger partial charge in [0.2, 0.25) is 0 Å². The van der Waals surface area contributed by atoms with Crippen LogP contribution in [0.4, 0.5) is 0 Å². The van der Waals surface area contributed by atoms with Crippen LogP contribution in [0.1, 0.15) is 29.3 Å². The number of hydrogen-bond donors (Lipinski definition) is 0. The molecule has 0 spiro atoms. The molecule has 0 aliphatic rings. The van der Waals surface area contributed by atoms with Gasteiger partial charge in [-0.25, -0.2) is 0 Å². The van der Waals surface area contributed by atoms with Gasteiger partial charge in [0.25, 0.3) is 0 Å². The van der Waals surface area contributed by atoms with Crippen LogP contribution in [-0.4, -0.2) is 21.5 Å². The van der Waals surface area contributed by atoms with Crippen LogP contribution in [0, 0.1) is 11.3 Å². The maximum atomic E-state index is 11.7. The van der Waals surface area contributed by atoms with Crippen LogP contribution < -0.4 is 0 Å². The Morgan fingerprint density at radius 2 is 2.00 bits per heavy atom. The van der Waals surface area contributed by atoms with Crippen LogP contribution in [0.5, 0.6) is 0 Å². The molecule has 1 aromatic rings. The second kappa shape index (κ2) is 6.19. The van der Waals surface area contributed by atoms with Gasteiger partial charge in [-0.3, -0.25) is 9.00 Å². The van der Waals surface area contributed by atoms with E-state index in [1.165, 1.54) is 0 Å². The summed E-state index contributed by atoms with van der Waals surface area (Å²) in [5, 5.41) is 8.60. The molecule has 84 valence electrons. The molecule has 0 saturated carbocycles. The highest BCUT2D eigenvalue weighted by atomic mass is 32.2. The van der Waals surface area contributed by atoms with Gasteiger partial charge < -0.3 is 0 Å². The van der Waals surface area contributed by atoms with Crippen molar-refractivity contribution in [1.82, 2.24) is 0 Å². The molecule has 1 unspecified atom stereocenters. The van der Waals surface area contributed by atoms with Crippen molar-refractivity contribution in [3.05, 3.63) is 35.4 Å². The summed E-state index contributed by atoms with van der Waals surface area (Å²) in [5.74, 6) is 0.498. The van der Waals surface area contributed by atoms with Crippen molar-refractivity contribution in [1.29, 1.82) is 5.26 Å². The van der Waals surface area contributed by atoms with Crippen LogP contribution in [0.3, 0.4) is 0 Å². The van der Waals surface area contributed by atoms with Gasteiger partial charge in [-0.1, -0.05) is 19.1 Å². The largest absolute Gasteiger partial charge is 0.293 e. The zero-order valence-electron chi connectivity index (χ0n) is 9.10. The third kappa shape index (κ3) is 3.59. The number of rotatable bonds is 5. The number of Topliss-reactive ketones (excluding diaryl/α,β-unsaturated/α-hetero) is 1. The van der Waals surface area contributed by atoms with Crippen LogP contribution in [0.15, 0.2) is 24.3 Å². The molecule has 0 N–H and O–H groups in total. The summed E-state index contributed by atoms with van der Waals surface area (Å²) >= 11 is 0. The van der Waals surface area contributed by atoms with Crippen LogP contribution in [0.2, 0.25) is 0 Å². The Morgan fingerprint density at radius 1 is 1.38 bits per heavy atom. The van der Waals surface area contributed by atoms with Crippen LogP contribution >= 0.6 is 0 Å². The fourth-order valence-electron chi connectivity index (χ4n) is 1.26. The maximum absolute atomic E-state index is 11.7. The molecule has 3 nitrogen and oxygen atoms in total. The van der Waals surface area contributed by atoms with Gasteiger partial charge in [0.15, 0.2) is 5.78 Å². The van der Waals surface area contributed by atoms with Crippen molar-refractivity contribution < 1.29 is 9.00 Å². The Bertz CT molecular complexity index is 431. The van der Waals surface area contributed by atoms with E-state index < -0.39 is 10.8 Å². The minimum absolute atomic E-state index is 0.0692. The van der Waals surface area contributed by atoms with Crippen molar-refractivity contribution in [3.63, 3.8) is 0 Å². The average molecular weight is 235 g/mol. The minimum atomic E-state index is -1.07. The molecule has 1 aromatic carbocycles. The third-order valence-corrected chi connectivity index (χ3v) is 3.51. The molecule has 16 heavy (non-hydrogen) atoms. The summed E-state index contributed by atoms with van der Waals surface area (Å²) in [7, 11) is -1.07. The predicted octanol–water partition coefficient (Wildman–Crippen LogP) is 1.90. The lowest BCUT2D eigenvalue weighted by Crippen LogP contribution is -2.12. The summed E-state index contributed by atoms with van der Waals surface area (Å²) in [6, 6.07) is 8.37. The van der Waals surface area contributed by atoms with Gasteiger partial charge in [0.05, 0.1) is 17.4 Å². The van der Waals surface area contributed by atoms with Crippen LogP contribution in [-0.2, 0) is 10.8 Å². The van der Waals surface area contributed by atoms with Crippen molar-refractivity contribution in [2.75, 3.05) is 11.5 Å². The molecule has 0 aromatic heterocycles. The molecule has 0 aliphatic carbocycles. The Kier molecular flexibility index (Phi) is 4.87. The molecule has 0 bridgehead atoms. The molecule has 0 radical (unpaired) electrons. The lowest BCUT2D eigenvalue weighted by Gasteiger charge is -2.00. The van der Waals surface area contributed by atoms with Gasteiger partial charge in [0.1, 0.15) is 0 Å².